The van der Waals surface area contributed by atoms with Crippen LogP contribution < -0.4 is 10.2 Å². The highest BCUT2D eigenvalue weighted by Crippen LogP contribution is 2.22. The lowest BCUT2D eigenvalue weighted by molar-refractivity contribution is -0.123. The van der Waals surface area contributed by atoms with E-state index >= 15 is 0 Å². The van der Waals surface area contributed by atoms with Gasteiger partial charge in [-0.05, 0) is 37.2 Å². The van der Waals surface area contributed by atoms with Gasteiger partial charge in [-0.2, -0.15) is 0 Å². The van der Waals surface area contributed by atoms with Crippen LogP contribution in [0.15, 0.2) is 24.3 Å². The first-order valence-corrected chi connectivity index (χ1v) is 7.80. The van der Waals surface area contributed by atoms with Gasteiger partial charge in [0, 0.05) is 32.7 Å². The minimum Gasteiger partial charge on any atom is -0.378 e. The Bertz CT molecular complexity index is 472. The summed E-state index contributed by atoms with van der Waals surface area (Å²) in [7, 11) is 8.15. The Morgan fingerprint density at radius 3 is 2.05 bits per heavy atom. The number of nitrogens with one attached hydrogen (secondary N) is 1. The number of nitrogens with zero attached hydrogens (tertiary/aromatic N) is 2. The first-order chi connectivity index (χ1) is 10.1. The first-order valence-electron chi connectivity index (χ1n) is 7.80. The Kier molecular flexibility index (Phi) is 6.42. The van der Waals surface area contributed by atoms with Crippen LogP contribution in [-0.2, 0) is 4.79 Å². The number of carbonyl (C=O) groups is 1. The Hall–Kier alpha value is -1.55. The lowest BCUT2D eigenvalue weighted by Gasteiger charge is -2.26. The summed E-state index contributed by atoms with van der Waals surface area (Å²) in [4.78, 5) is 16.2. The molecular weight excluding hydrogens is 274 g/mol. The van der Waals surface area contributed by atoms with E-state index in [4.69, 9.17) is 0 Å². The molecular formula is C18H31N3O. The molecule has 1 aromatic carbocycles. The van der Waals surface area contributed by atoms with Crippen LogP contribution in [0.1, 0.15) is 38.8 Å². The Balaban J connectivity index is 2.72. The van der Waals surface area contributed by atoms with Gasteiger partial charge >= 0.3 is 0 Å². The Labute approximate surface area is 135 Å². The highest BCUT2D eigenvalue weighted by molar-refractivity contribution is 5.76. The van der Waals surface area contributed by atoms with E-state index in [0.717, 1.165) is 0 Å². The molecule has 0 bridgehead atoms. The maximum Gasteiger partial charge on any atom is 0.220 e. The van der Waals surface area contributed by atoms with Crippen LogP contribution in [0.5, 0.6) is 0 Å². The number of anilines is 1. The number of carbonyl (C=O) groups excluding carboxylic acids is 1. The van der Waals surface area contributed by atoms with Crippen molar-refractivity contribution in [2.45, 2.75) is 33.2 Å². The largest absolute Gasteiger partial charge is 0.378 e. The van der Waals surface area contributed by atoms with Gasteiger partial charge in [0.15, 0.2) is 0 Å². The zero-order valence-corrected chi connectivity index (χ0v) is 15.1. The van der Waals surface area contributed by atoms with Crippen LogP contribution in [-0.4, -0.2) is 45.5 Å². The molecule has 0 aliphatic heterocycles. The minimum absolute atomic E-state index is 0.0189. The summed E-state index contributed by atoms with van der Waals surface area (Å²) in [6.07, 6.45) is 0.548. The fraction of sp³-hybridized carbons (Fsp3) is 0.611. The van der Waals surface area contributed by atoms with E-state index in [0.29, 0.717) is 13.0 Å². The highest BCUT2D eigenvalue weighted by atomic mass is 16.1. The van der Waals surface area contributed by atoms with E-state index in [-0.39, 0.29) is 17.4 Å². The van der Waals surface area contributed by atoms with Gasteiger partial charge < -0.3 is 15.1 Å². The molecule has 0 aliphatic carbocycles. The molecule has 0 unspecified atom stereocenters. The smallest absolute Gasteiger partial charge is 0.220 e. The molecule has 0 spiro atoms. The van der Waals surface area contributed by atoms with Crippen molar-refractivity contribution in [2.24, 2.45) is 5.41 Å². The normalized spacial score (nSPS) is 13.1. The predicted molar refractivity (Wildman–Crippen MR) is 94.3 cm³/mol. The summed E-state index contributed by atoms with van der Waals surface area (Å²) >= 11 is 0. The van der Waals surface area contributed by atoms with Crippen molar-refractivity contribution >= 4 is 11.6 Å². The van der Waals surface area contributed by atoms with Crippen molar-refractivity contribution in [3.63, 3.8) is 0 Å². The SMILES string of the molecule is CN(C)c1ccc([C@H](CNC(=O)CC(C)(C)C)N(C)C)cc1. The van der Waals surface area contributed by atoms with Crippen molar-refractivity contribution in [1.82, 2.24) is 10.2 Å². The van der Waals surface area contributed by atoms with Gasteiger partial charge in [0.05, 0.1) is 6.04 Å². The minimum atomic E-state index is 0.0189. The highest BCUT2D eigenvalue weighted by Gasteiger charge is 2.19. The van der Waals surface area contributed by atoms with Crippen LogP contribution in [0.25, 0.3) is 0 Å². The Morgan fingerprint density at radius 2 is 1.64 bits per heavy atom. The summed E-state index contributed by atoms with van der Waals surface area (Å²) < 4.78 is 0. The van der Waals surface area contributed by atoms with Gasteiger partial charge in [-0.1, -0.05) is 32.9 Å². The standard InChI is InChI=1S/C18H31N3O/c1-18(2,3)12-17(22)19-13-16(21(6)7)14-8-10-15(11-9-14)20(4)5/h8-11,16H,12-13H2,1-7H3,(H,19,22)/t16-/m0/s1. The maximum atomic E-state index is 12.0. The zero-order chi connectivity index (χ0) is 16.9. The molecule has 0 saturated carbocycles. The summed E-state index contributed by atoms with van der Waals surface area (Å²) in [5.74, 6) is 0.115. The van der Waals surface area contributed by atoms with Crippen molar-refractivity contribution in [3.8, 4) is 0 Å². The molecule has 1 atom stereocenters. The zero-order valence-electron chi connectivity index (χ0n) is 15.1. The number of hydrogen-bond acceptors (Lipinski definition) is 3. The van der Waals surface area contributed by atoms with Crippen LogP contribution in [0.4, 0.5) is 5.69 Å². The fourth-order valence-electron chi connectivity index (χ4n) is 2.35. The van der Waals surface area contributed by atoms with Gasteiger partial charge in [0.25, 0.3) is 0 Å². The predicted octanol–water partition coefficient (Wildman–Crippen LogP) is 2.91. The van der Waals surface area contributed by atoms with Crippen molar-refractivity contribution in [2.75, 3.05) is 39.6 Å². The molecule has 1 N–H and O–H groups in total. The summed E-state index contributed by atoms with van der Waals surface area (Å²) in [6.45, 7) is 6.87. The van der Waals surface area contributed by atoms with E-state index in [9.17, 15) is 4.79 Å². The van der Waals surface area contributed by atoms with Crippen LogP contribution in [0, 0.1) is 5.41 Å². The molecule has 4 heteroatoms. The number of rotatable bonds is 6. The number of hydrogen-bond donors (Lipinski definition) is 1. The van der Waals surface area contributed by atoms with Crippen LogP contribution >= 0.6 is 0 Å². The third-order valence-electron chi connectivity index (χ3n) is 3.60. The van der Waals surface area contributed by atoms with E-state index in [1.165, 1.54) is 11.3 Å². The molecule has 1 amide bonds. The van der Waals surface area contributed by atoms with E-state index in [1.54, 1.807) is 0 Å². The Morgan fingerprint density at radius 1 is 1.09 bits per heavy atom. The van der Waals surface area contributed by atoms with Gasteiger partial charge in [0.1, 0.15) is 0 Å². The van der Waals surface area contributed by atoms with Crippen LogP contribution in [0.2, 0.25) is 0 Å². The van der Waals surface area contributed by atoms with Crippen molar-refractivity contribution in [1.29, 1.82) is 0 Å². The molecule has 0 aromatic heterocycles. The average molecular weight is 305 g/mol. The fourth-order valence-corrected chi connectivity index (χ4v) is 2.35. The molecule has 0 fully saturated rings. The summed E-state index contributed by atoms with van der Waals surface area (Å²) in [6, 6.07) is 8.68. The molecule has 1 aromatic rings. The molecule has 0 radical (unpaired) electrons. The van der Waals surface area contributed by atoms with Crippen molar-refractivity contribution < 1.29 is 4.79 Å². The molecule has 0 saturated heterocycles. The maximum absolute atomic E-state index is 12.0. The quantitative estimate of drug-likeness (QED) is 0.878. The molecule has 124 valence electrons. The topological polar surface area (TPSA) is 35.6 Å². The molecule has 1 rings (SSSR count). The average Bonchev–Trinajstić information content (AvgIpc) is 2.37. The lowest BCUT2D eigenvalue weighted by Crippen LogP contribution is -2.36. The second-order valence-electron chi connectivity index (χ2n) is 7.51. The van der Waals surface area contributed by atoms with Gasteiger partial charge in [-0.3, -0.25) is 4.79 Å². The number of likely N-dealkylation sites (N-methyl/N-ethyl adjacent to an activating group) is 1. The molecule has 4 nitrogen and oxygen atoms in total. The molecule has 22 heavy (non-hydrogen) atoms. The van der Waals surface area contributed by atoms with E-state index in [1.807, 2.05) is 28.2 Å². The molecule has 0 aliphatic rings. The van der Waals surface area contributed by atoms with Crippen molar-refractivity contribution in [3.05, 3.63) is 29.8 Å². The van der Waals surface area contributed by atoms with E-state index < -0.39 is 0 Å². The lowest BCUT2D eigenvalue weighted by atomic mass is 9.92. The number of benzene rings is 1. The second kappa shape index (κ2) is 7.63. The van der Waals surface area contributed by atoms with Gasteiger partial charge in [-0.15, -0.1) is 0 Å². The third-order valence-corrected chi connectivity index (χ3v) is 3.60. The first kappa shape index (κ1) is 18.5. The van der Waals surface area contributed by atoms with Gasteiger partial charge in [-0.25, -0.2) is 0 Å². The summed E-state index contributed by atoms with van der Waals surface area (Å²) in [5.41, 5.74) is 2.41. The molecule has 0 heterocycles. The second-order valence-corrected chi connectivity index (χ2v) is 7.51. The third kappa shape index (κ3) is 6.06. The monoisotopic (exact) mass is 305 g/mol. The van der Waals surface area contributed by atoms with Gasteiger partial charge in [0.2, 0.25) is 5.91 Å². The number of amides is 1. The summed E-state index contributed by atoms with van der Waals surface area (Å²) in [5, 5.41) is 3.07. The van der Waals surface area contributed by atoms with E-state index in [2.05, 4.69) is 60.2 Å². The van der Waals surface area contributed by atoms with Crippen LogP contribution in [0.3, 0.4) is 0 Å².